The smallest absolute Gasteiger partial charge is 0.329 e. The number of amides is 1. The maximum Gasteiger partial charge on any atom is 0.329 e. The van der Waals surface area contributed by atoms with E-state index >= 15 is 0 Å². The lowest BCUT2D eigenvalue weighted by Crippen LogP contribution is -2.52. The van der Waals surface area contributed by atoms with Crippen molar-refractivity contribution >= 4 is 27.6 Å². The van der Waals surface area contributed by atoms with Crippen LogP contribution in [-0.2, 0) is 30.8 Å². The second kappa shape index (κ2) is 10.6. The number of carbonyl (C=O) groups is 2. The van der Waals surface area contributed by atoms with Gasteiger partial charge in [-0.3, -0.25) is 14.9 Å². The topological polar surface area (TPSA) is 156 Å². The van der Waals surface area contributed by atoms with Crippen LogP contribution in [-0.4, -0.2) is 58.9 Å². The van der Waals surface area contributed by atoms with E-state index in [1.807, 2.05) is 0 Å². The summed E-state index contributed by atoms with van der Waals surface area (Å²) in [6, 6.07) is 8.43. The van der Waals surface area contributed by atoms with Crippen LogP contribution in [0.1, 0.15) is 39.2 Å². The van der Waals surface area contributed by atoms with Crippen molar-refractivity contribution in [1.29, 1.82) is 0 Å². The number of nitrogens with one attached hydrogen (secondary N) is 1. The first-order valence-corrected chi connectivity index (χ1v) is 12.8. The van der Waals surface area contributed by atoms with Gasteiger partial charge >= 0.3 is 5.97 Å². The molecule has 2 aromatic rings. The van der Waals surface area contributed by atoms with Crippen LogP contribution in [0.25, 0.3) is 0 Å². The Morgan fingerprint density at radius 2 is 1.78 bits per heavy atom. The summed E-state index contributed by atoms with van der Waals surface area (Å²) in [5.41, 5.74) is -0.405. The number of hydrogen-bond acceptors (Lipinski definition) is 8. The van der Waals surface area contributed by atoms with Crippen molar-refractivity contribution in [3.63, 3.8) is 0 Å². The zero-order valence-corrected chi connectivity index (χ0v) is 21.0. The number of phenolic OH excluding ortho intramolecular Hbond substituents is 1. The quantitative estimate of drug-likeness (QED) is 0.306. The maximum atomic E-state index is 13.2. The monoisotopic (exact) mass is 519 g/mol. The Labute approximate surface area is 209 Å². The van der Waals surface area contributed by atoms with Crippen molar-refractivity contribution in [3.05, 3.63) is 64.2 Å². The molecule has 0 radical (unpaired) electrons. The van der Waals surface area contributed by atoms with E-state index in [1.54, 1.807) is 32.9 Å². The molecule has 1 aliphatic heterocycles. The summed E-state index contributed by atoms with van der Waals surface area (Å²) in [5, 5.41) is 23.1. The molecule has 0 aliphatic carbocycles. The third kappa shape index (κ3) is 6.58. The van der Waals surface area contributed by atoms with Crippen molar-refractivity contribution in [2.24, 2.45) is 0 Å². The number of phenols is 1. The second-order valence-electron chi connectivity index (χ2n) is 9.49. The molecule has 12 heteroatoms. The minimum atomic E-state index is -4.12. The first-order chi connectivity index (χ1) is 16.8. The van der Waals surface area contributed by atoms with Crippen molar-refractivity contribution < 1.29 is 32.8 Å². The predicted molar refractivity (Wildman–Crippen MR) is 130 cm³/mol. The van der Waals surface area contributed by atoms with Crippen molar-refractivity contribution in [2.45, 2.75) is 62.6 Å². The number of hydrogen-bond donors (Lipinski definition) is 2. The lowest BCUT2D eigenvalue weighted by Gasteiger charge is -2.27. The summed E-state index contributed by atoms with van der Waals surface area (Å²) in [6.45, 7) is 5.17. The molecule has 2 N–H and O–H groups in total. The standard InChI is InChI=1S/C24H29N3O8S/c1-24(2,3)35-23(30)20(15-16-6-10-18(28)11-7-16)25-22(29)21-5-4-14-26(21)36(33,34)19-12-8-17(9-13-19)27(31)32/h6-13,20-21,28H,4-5,14-15H2,1-3H3,(H,25,29)/t20-,21-/m0/s1. The van der Waals surface area contributed by atoms with Crippen LogP contribution in [0.15, 0.2) is 53.4 Å². The van der Waals surface area contributed by atoms with E-state index in [0.717, 1.165) is 28.6 Å². The largest absolute Gasteiger partial charge is 0.508 e. The fourth-order valence-electron chi connectivity index (χ4n) is 3.87. The van der Waals surface area contributed by atoms with Gasteiger partial charge < -0.3 is 15.2 Å². The molecule has 3 rings (SSSR count). The maximum absolute atomic E-state index is 13.2. The Morgan fingerprint density at radius 1 is 1.17 bits per heavy atom. The Morgan fingerprint density at radius 3 is 2.33 bits per heavy atom. The van der Waals surface area contributed by atoms with E-state index in [0.29, 0.717) is 12.0 Å². The van der Waals surface area contributed by atoms with Gasteiger partial charge in [0.15, 0.2) is 0 Å². The highest BCUT2D eigenvalue weighted by atomic mass is 32.2. The van der Waals surface area contributed by atoms with Gasteiger partial charge in [-0.25, -0.2) is 13.2 Å². The zero-order valence-electron chi connectivity index (χ0n) is 20.2. The molecule has 194 valence electrons. The van der Waals surface area contributed by atoms with E-state index in [2.05, 4.69) is 5.32 Å². The normalized spacial score (nSPS) is 17.4. The minimum absolute atomic E-state index is 0.0506. The first kappa shape index (κ1) is 27.1. The highest BCUT2D eigenvalue weighted by molar-refractivity contribution is 7.89. The van der Waals surface area contributed by atoms with E-state index in [9.17, 15) is 33.2 Å². The molecule has 1 amide bonds. The average molecular weight is 520 g/mol. The summed E-state index contributed by atoms with van der Waals surface area (Å²) < 4.78 is 33.0. The molecular formula is C24H29N3O8S. The first-order valence-electron chi connectivity index (χ1n) is 11.4. The Hall–Kier alpha value is -3.51. The van der Waals surface area contributed by atoms with Crippen LogP contribution in [0.4, 0.5) is 5.69 Å². The lowest BCUT2D eigenvalue weighted by atomic mass is 10.0. The van der Waals surface area contributed by atoms with Gasteiger partial charge in [-0.2, -0.15) is 4.31 Å². The van der Waals surface area contributed by atoms with E-state index < -0.39 is 44.5 Å². The number of benzene rings is 2. The molecule has 11 nitrogen and oxygen atoms in total. The number of sulfonamides is 1. The van der Waals surface area contributed by atoms with Gasteiger partial charge in [0.05, 0.1) is 9.82 Å². The highest BCUT2D eigenvalue weighted by Gasteiger charge is 2.41. The molecule has 0 bridgehead atoms. The molecular weight excluding hydrogens is 490 g/mol. The molecule has 1 fully saturated rings. The van der Waals surface area contributed by atoms with Crippen LogP contribution in [0.2, 0.25) is 0 Å². The van der Waals surface area contributed by atoms with Gasteiger partial charge in [-0.15, -0.1) is 0 Å². The minimum Gasteiger partial charge on any atom is -0.508 e. The predicted octanol–water partition coefficient (Wildman–Crippen LogP) is 2.52. The number of nitrogens with zero attached hydrogens (tertiary/aromatic N) is 2. The fourth-order valence-corrected chi connectivity index (χ4v) is 5.52. The average Bonchev–Trinajstić information content (AvgIpc) is 3.30. The van der Waals surface area contributed by atoms with Crippen LogP contribution < -0.4 is 5.32 Å². The van der Waals surface area contributed by atoms with Gasteiger partial charge in [0.1, 0.15) is 23.4 Å². The third-order valence-electron chi connectivity index (χ3n) is 5.54. The summed E-state index contributed by atoms with van der Waals surface area (Å²) in [7, 11) is -4.12. The molecule has 2 atom stereocenters. The lowest BCUT2D eigenvalue weighted by molar-refractivity contribution is -0.384. The number of ether oxygens (including phenoxy) is 1. The number of nitro benzene ring substituents is 1. The molecule has 0 saturated carbocycles. The van der Waals surface area contributed by atoms with Gasteiger partial charge in [-0.05, 0) is 63.4 Å². The number of non-ortho nitro benzene ring substituents is 1. The van der Waals surface area contributed by atoms with Crippen LogP contribution in [0.3, 0.4) is 0 Å². The Bertz CT molecular complexity index is 1220. The molecule has 1 heterocycles. The number of aromatic hydroxyl groups is 1. The summed E-state index contributed by atoms with van der Waals surface area (Å²) in [4.78, 5) is 36.2. The van der Waals surface area contributed by atoms with E-state index in [-0.39, 0.29) is 35.7 Å². The van der Waals surface area contributed by atoms with Gasteiger partial charge in [-0.1, -0.05) is 12.1 Å². The van der Waals surface area contributed by atoms with Crippen LogP contribution >= 0.6 is 0 Å². The molecule has 2 aromatic carbocycles. The molecule has 36 heavy (non-hydrogen) atoms. The van der Waals surface area contributed by atoms with Gasteiger partial charge in [0.25, 0.3) is 5.69 Å². The highest BCUT2D eigenvalue weighted by Crippen LogP contribution is 2.27. The number of nitro groups is 1. The Balaban J connectivity index is 1.82. The summed E-state index contributed by atoms with van der Waals surface area (Å²) in [6.07, 6.45) is 0.750. The molecule has 0 unspecified atom stereocenters. The van der Waals surface area contributed by atoms with Gasteiger partial charge in [0, 0.05) is 25.1 Å². The van der Waals surface area contributed by atoms with Crippen LogP contribution in [0, 0.1) is 10.1 Å². The number of carbonyl (C=O) groups excluding carboxylic acids is 2. The SMILES string of the molecule is CC(C)(C)OC(=O)[C@H](Cc1ccc(O)cc1)NC(=O)[C@@H]1CCCN1S(=O)(=O)c1ccc([N+](=O)[O-])cc1. The zero-order chi connectivity index (χ0) is 26.7. The number of rotatable bonds is 8. The van der Waals surface area contributed by atoms with Crippen LogP contribution in [0.5, 0.6) is 5.75 Å². The third-order valence-corrected chi connectivity index (χ3v) is 7.47. The molecule has 0 aromatic heterocycles. The molecule has 0 spiro atoms. The second-order valence-corrected chi connectivity index (χ2v) is 11.4. The fraction of sp³-hybridized carbons (Fsp3) is 0.417. The number of esters is 1. The van der Waals surface area contributed by atoms with E-state index in [4.69, 9.17) is 4.74 Å². The van der Waals surface area contributed by atoms with Crippen molar-refractivity contribution in [3.8, 4) is 5.75 Å². The molecule has 1 saturated heterocycles. The summed E-state index contributed by atoms with van der Waals surface area (Å²) in [5.74, 6) is -1.27. The van der Waals surface area contributed by atoms with E-state index in [1.165, 1.54) is 12.1 Å². The van der Waals surface area contributed by atoms with Gasteiger partial charge in [0.2, 0.25) is 15.9 Å². The Kier molecular flexibility index (Phi) is 7.99. The molecule has 1 aliphatic rings. The van der Waals surface area contributed by atoms with Crippen molar-refractivity contribution in [1.82, 2.24) is 9.62 Å². The van der Waals surface area contributed by atoms with Crippen molar-refractivity contribution in [2.75, 3.05) is 6.54 Å². The summed E-state index contributed by atoms with van der Waals surface area (Å²) >= 11 is 0.